The van der Waals surface area contributed by atoms with Gasteiger partial charge in [0.05, 0.1) is 5.56 Å². The number of amides is 1. The van der Waals surface area contributed by atoms with Gasteiger partial charge < -0.3 is 20.5 Å². The van der Waals surface area contributed by atoms with Crippen molar-refractivity contribution in [2.75, 3.05) is 26.2 Å². The van der Waals surface area contributed by atoms with E-state index in [1.807, 2.05) is 6.07 Å². The van der Waals surface area contributed by atoms with Crippen molar-refractivity contribution < 1.29 is 23.8 Å². The van der Waals surface area contributed by atoms with Crippen molar-refractivity contribution in [2.24, 2.45) is 5.73 Å². The van der Waals surface area contributed by atoms with Crippen LogP contribution in [0.3, 0.4) is 0 Å². The number of carbonyl (C=O) groups is 2. The first-order chi connectivity index (χ1) is 13.9. The molecule has 0 saturated carbocycles. The molecule has 1 amide bonds. The fourth-order valence-corrected chi connectivity index (χ4v) is 3.08. The molecule has 0 radical (unpaired) electrons. The van der Waals surface area contributed by atoms with Crippen LogP contribution in [0.15, 0.2) is 36.8 Å². The molecule has 1 atom stereocenters. The summed E-state index contributed by atoms with van der Waals surface area (Å²) in [6, 6.07) is 5.85. The molecule has 0 aliphatic carbocycles. The Balaban J connectivity index is 0.000000687. The van der Waals surface area contributed by atoms with Crippen molar-refractivity contribution in [3.8, 4) is 5.75 Å². The van der Waals surface area contributed by atoms with Crippen molar-refractivity contribution in [3.63, 3.8) is 0 Å². The zero-order valence-corrected chi connectivity index (χ0v) is 16.3. The first-order valence-corrected chi connectivity index (χ1v) is 9.29. The van der Waals surface area contributed by atoms with Gasteiger partial charge in [0, 0.05) is 44.4 Å². The van der Waals surface area contributed by atoms with Crippen LogP contribution in [0.5, 0.6) is 5.75 Å². The molecule has 1 aliphatic heterocycles. The Hall–Kier alpha value is -3.07. The maximum Gasteiger partial charge on any atom is 0.300 e. The van der Waals surface area contributed by atoms with E-state index >= 15 is 0 Å². The Morgan fingerprint density at radius 1 is 1.38 bits per heavy atom. The Bertz CT molecular complexity index is 815. The van der Waals surface area contributed by atoms with E-state index in [0.717, 1.165) is 25.5 Å². The van der Waals surface area contributed by atoms with Crippen molar-refractivity contribution in [2.45, 2.75) is 25.7 Å². The highest BCUT2D eigenvalue weighted by molar-refractivity contribution is 5.97. The summed E-state index contributed by atoms with van der Waals surface area (Å²) < 4.78 is 19.2. The van der Waals surface area contributed by atoms with Crippen LogP contribution in [0.1, 0.15) is 41.7 Å². The number of nitrogens with zero attached hydrogens (tertiary/aromatic N) is 3. The molecule has 9 heteroatoms. The molecule has 156 valence electrons. The smallest absolute Gasteiger partial charge is 0.300 e. The second kappa shape index (κ2) is 11.1. The number of nitrogens with two attached hydrogens (primary N) is 1. The van der Waals surface area contributed by atoms with E-state index in [4.69, 9.17) is 20.4 Å². The van der Waals surface area contributed by atoms with Crippen LogP contribution >= 0.6 is 0 Å². The van der Waals surface area contributed by atoms with E-state index in [1.54, 1.807) is 11.1 Å². The van der Waals surface area contributed by atoms with Crippen molar-refractivity contribution in [3.05, 3.63) is 53.9 Å². The zero-order valence-electron chi connectivity index (χ0n) is 16.3. The lowest BCUT2D eigenvalue weighted by Gasteiger charge is -2.32. The minimum absolute atomic E-state index is 0.155. The second-order valence-corrected chi connectivity index (χ2v) is 6.52. The Labute approximate surface area is 168 Å². The molecule has 1 saturated heterocycles. The Morgan fingerprint density at radius 3 is 2.79 bits per heavy atom. The summed E-state index contributed by atoms with van der Waals surface area (Å²) in [6.45, 7) is 2.86. The summed E-state index contributed by atoms with van der Waals surface area (Å²) in [5, 5.41) is 7.42. The first kappa shape index (κ1) is 22.2. The molecule has 1 aromatic heterocycles. The predicted molar refractivity (Wildman–Crippen MR) is 104 cm³/mol. The van der Waals surface area contributed by atoms with Crippen LogP contribution in [0, 0.1) is 5.82 Å². The number of piperidine rings is 1. The van der Waals surface area contributed by atoms with Crippen LogP contribution in [-0.2, 0) is 4.79 Å². The number of rotatable bonds is 5. The lowest BCUT2D eigenvalue weighted by Crippen LogP contribution is -2.39. The van der Waals surface area contributed by atoms with Gasteiger partial charge in [0.2, 0.25) is 0 Å². The van der Waals surface area contributed by atoms with E-state index in [1.165, 1.54) is 24.5 Å². The molecule has 3 rings (SSSR count). The number of carboxylic acid groups (broad SMARTS) is 1. The Morgan fingerprint density at radius 2 is 2.14 bits per heavy atom. The number of hydrogen-bond donors (Lipinski definition) is 2. The van der Waals surface area contributed by atoms with Crippen LogP contribution in [-0.4, -0.2) is 58.1 Å². The van der Waals surface area contributed by atoms with Gasteiger partial charge in [-0.3, -0.25) is 9.59 Å². The monoisotopic (exact) mass is 404 g/mol. The third-order valence-electron chi connectivity index (χ3n) is 4.28. The first-order valence-electron chi connectivity index (χ1n) is 9.29. The van der Waals surface area contributed by atoms with Gasteiger partial charge in [0.25, 0.3) is 11.9 Å². The highest BCUT2D eigenvalue weighted by atomic mass is 19.1. The van der Waals surface area contributed by atoms with E-state index in [9.17, 15) is 9.18 Å². The maximum absolute atomic E-state index is 13.7. The van der Waals surface area contributed by atoms with Gasteiger partial charge in [-0.15, -0.1) is 0 Å². The van der Waals surface area contributed by atoms with Crippen LogP contribution in [0.2, 0.25) is 0 Å². The number of aromatic nitrogens is 2. The minimum Gasteiger partial charge on any atom is -0.491 e. The third-order valence-corrected chi connectivity index (χ3v) is 4.28. The molecule has 1 aliphatic rings. The van der Waals surface area contributed by atoms with Crippen molar-refractivity contribution in [1.29, 1.82) is 0 Å². The second-order valence-electron chi connectivity index (χ2n) is 6.52. The van der Waals surface area contributed by atoms with Gasteiger partial charge in [-0.2, -0.15) is 0 Å². The highest BCUT2D eigenvalue weighted by Gasteiger charge is 2.28. The SMILES string of the molecule is CC(=O)O.NCCOc1ccc(F)cc1C(=O)N1CCCC(c2ccncn2)C1. The fourth-order valence-electron chi connectivity index (χ4n) is 3.08. The van der Waals surface area contributed by atoms with Crippen LogP contribution in [0.25, 0.3) is 0 Å². The van der Waals surface area contributed by atoms with Gasteiger partial charge >= 0.3 is 0 Å². The normalized spacial score (nSPS) is 15.8. The number of carbonyl (C=O) groups excluding carboxylic acids is 1. The number of ether oxygens (including phenoxy) is 1. The number of aliphatic carboxylic acids is 1. The average Bonchev–Trinajstić information content (AvgIpc) is 2.72. The third kappa shape index (κ3) is 6.79. The largest absolute Gasteiger partial charge is 0.491 e. The highest BCUT2D eigenvalue weighted by Crippen LogP contribution is 2.28. The number of likely N-dealkylation sites (tertiary alicyclic amines) is 1. The molecule has 29 heavy (non-hydrogen) atoms. The molecule has 2 aromatic rings. The van der Waals surface area contributed by atoms with E-state index in [0.29, 0.717) is 25.4 Å². The summed E-state index contributed by atoms with van der Waals surface area (Å²) >= 11 is 0. The van der Waals surface area contributed by atoms with Crippen LogP contribution < -0.4 is 10.5 Å². The maximum atomic E-state index is 13.7. The molecular weight excluding hydrogens is 379 g/mol. The van der Waals surface area contributed by atoms with Gasteiger partial charge in [-0.25, -0.2) is 14.4 Å². The van der Waals surface area contributed by atoms with Gasteiger partial charge in [-0.05, 0) is 37.1 Å². The predicted octanol–water partition coefficient (Wildman–Crippen LogP) is 2.06. The molecule has 2 heterocycles. The molecular formula is C20H25FN4O4. The fraction of sp³-hybridized carbons (Fsp3) is 0.400. The molecule has 8 nitrogen and oxygen atoms in total. The molecule has 1 unspecified atom stereocenters. The average molecular weight is 404 g/mol. The summed E-state index contributed by atoms with van der Waals surface area (Å²) in [7, 11) is 0. The summed E-state index contributed by atoms with van der Waals surface area (Å²) in [6.07, 6.45) is 5.05. The lowest BCUT2D eigenvalue weighted by atomic mass is 9.94. The van der Waals surface area contributed by atoms with E-state index in [-0.39, 0.29) is 24.0 Å². The van der Waals surface area contributed by atoms with Gasteiger partial charge in [-0.1, -0.05) is 0 Å². The van der Waals surface area contributed by atoms with Crippen molar-refractivity contribution >= 4 is 11.9 Å². The van der Waals surface area contributed by atoms with Gasteiger partial charge in [0.1, 0.15) is 24.5 Å². The van der Waals surface area contributed by atoms with E-state index in [2.05, 4.69) is 9.97 Å². The standard InChI is InChI=1S/C18H21FN4O2.C2H4O2/c19-14-3-4-17(25-9-6-20)15(10-14)18(24)23-8-1-2-13(11-23)16-5-7-21-12-22-16;1-2(3)4/h3-5,7,10,12-13H,1-2,6,8-9,11,20H2;1H3,(H,3,4). The zero-order chi connectivity index (χ0) is 21.2. The van der Waals surface area contributed by atoms with E-state index < -0.39 is 11.8 Å². The number of carboxylic acids is 1. The molecule has 1 aromatic carbocycles. The van der Waals surface area contributed by atoms with Gasteiger partial charge in [0.15, 0.2) is 0 Å². The summed E-state index contributed by atoms with van der Waals surface area (Å²) in [4.78, 5) is 31.9. The number of benzene rings is 1. The molecule has 1 fully saturated rings. The van der Waals surface area contributed by atoms with Crippen molar-refractivity contribution in [1.82, 2.24) is 14.9 Å². The molecule has 0 spiro atoms. The molecule has 3 N–H and O–H groups in total. The quantitative estimate of drug-likeness (QED) is 0.783. The number of hydrogen-bond acceptors (Lipinski definition) is 6. The Kier molecular flexibility index (Phi) is 8.47. The lowest BCUT2D eigenvalue weighted by molar-refractivity contribution is -0.134. The topological polar surface area (TPSA) is 119 Å². The minimum atomic E-state index is -0.833. The summed E-state index contributed by atoms with van der Waals surface area (Å²) in [5.41, 5.74) is 6.61. The van der Waals surface area contributed by atoms with Crippen LogP contribution in [0.4, 0.5) is 4.39 Å². The summed E-state index contributed by atoms with van der Waals surface area (Å²) in [5.74, 6) is -1.01. The molecule has 0 bridgehead atoms. The number of halogens is 1.